The Kier molecular flexibility index (Phi) is 1.86. The van der Waals surface area contributed by atoms with Gasteiger partial charge in [-0.1, -0.05) is 24.3 Å². The number of fused-ring (bicyclic) bond motifs is 1. The van der Waals surface area contributed by atoms with Crippen molar-refractivity contribution in [3.63, 3.8) is 0 Å². The number of para-hydroxylation sites is 1. The number of rotatable bonds is 1. The van der Waals surface area contributed by atoms with Crippen molar-refractivity contribution in [2.45, 2.75) is 0 Å². The molecule has 16 heavy (non-hydrogen) atoms. The lowest BCUT2D eigenvalue weighted by Crippen LogP contribution is -1.80. The lowest BCUT2D eigenvalue weighted by molar-refractivity contribution is 0.475. The first-order valence-electron chi connectivity index (χ1n) is 4.93. The molecule has 0 amide bonds. The predicted molar refractivity (Wildman–Crippen MR) is 61.0 cm³/mol. The molecule has 3 rings (SSSR count). The number of phenols is 1. The summed E-state index contributed by atoms with van der Waals surface area (Å²) < 4.78 is 0. The fourth-order valence-corrected chi connectivity index (χ4v) is 1.74. The van der Waals surface area contributed by atoms with Crippen LogP contribution in [-0.2, 0) is 0 Å². The van der Waals surface area contributed by atoms with Gasteiger partial charge in [-0.15, -0.1) is 0 Å². The second-order valence-corrected chi connectivity index (χ2v) is 3.54. The summed E-state index contributed by atoms with van der Waals surface area (Å²) in [5.74, 6) is 0.260. The number of aromatic amines is 1. The van der Waals surface area contributed by atoms with E-state index in [-0.39, 0.29) is 5.75 Å². The number of phenolic OH excluding ortho intramolecular Hbond substituents is 1. The maximum atomic E-state index is 9.24. The van der Waals surface area contributed by atoms with Crippen LogP contribution in [0.5, 0.6) is 5.75 Å². The van der Waals surface area contributed by atoms with Crippen LogP contribution in [0.3, 0.4) is 0 Å². The molecule has 3 aromatic rings. The van der Waals surface area contributed by atoms with Crippen molar-refractivity contribution in [1.82, 2.24) is 15.4 Å². The Morgan fingerprint density at radius 2 is 1.75 bits per heavy atom. The van der Waals surface area contributed by atoms with Crippen LogP contribution >= 0.6 is 0 Å². The minimum absolute atomic E-state index is 0.260. The van der Waals surface area contributed by atoms with Gasteiger partial charge in [0.15, 0.2) is 0 Å². The zero-order valence-electron chi connectivity index (χ0n) is 8.38. The average Bonchev–Trinajstić information content (AvgIpc) is 2.78. The lowest BCUT2D eigenvalue weighted by Gasteiger charge is -2.01. The van der Waals surface area contributed by atoms with Gasteiger partial charge in [-0.3, -0.25) is 0 Å². The van der Waals surface area contributed by atoms with Gasteiger partial charge in [-0.2, -0.15) is 15.4 Å². The zero-order chi connectivity index (χ0) is 11.0. The first-order chi connectivity index (χ1) is 7.84. The van der Waals surface area contributed by atoms with E-state index in [0.717, 1.165) is 22.2 Å². The predicted octanol–water partition coefficient (Wildman–Crippen LogP) is 2.33. The summed E-state index contributed by atoms with van der Waals surface area (Å²) in [5, 5.41) is 20.0. The van der Waals surface area contributed by atoms with E-state index in [1.165, 1.54) is 0 Å². The van der Waals surface area contributed by atoms with E-state index in [2.05, 4.69) is 15.4 Å². The third kappa shape index (κ3) is 1.32. The zero-order valence-corrected chi connectivity index (χ0v) is 8.38. The number of hydrogen-bond acceptors (Lipinski definition) is 3. The molecule has 0 saturated carbocycles. The molecule has 0 aliphatic heterocycles. The van der Waals surface area contributed by atoms with E-state index in [1.54, 1.807) is 12.1 Å². The normalized spacial score (nSPS) is 10.8. The third-order valence-electron chi connectivity index (χ3n) is 2.53. The van der Waals surface area contributed by atoms with Crippen LogP contribution in [0.25, 0.3) is 22.2 Å². The molecule has 0 saturated heterocycles. The molecule has 0 atom stereocenters. The number of benzene rings is 2. The Balaban J connectivity index is 2.25. The summed E-state index contributed by atoms with van der Waals surface area (Å²) in [6, 6.07) is 12.9. The first kappa shape index (κ1) is 8.91. The summed E-state index contributed by atoms with van der Waals surface area (Å²) >= 11 is 0. The number of aromatic nitrogens is 3. The highest BCUT2D eigenvalue weighted by Crippen LogP contribution is 2.26. The van der Waals surface area contributed by atoms with E-state index >= 15 is 0 Å². The van der Waals surface area contributed by atoms with Gasteiger partial charge in [0.1, 0.15) is 16.8 Å². The topological polar surface area (TPSA) is 61.8 Å². The average molecular weight is 211 g/mol. The summed E-state index contributed by atoms with van der Waals surface area (Å²) in [5.41, 5.74) is 3.70. The molecule has 4 heteroatoms. The largest absolute Gasteiger partial charge is 0.508 e. The van der Waals surface area contributed by atoms with Gasteiger partial charge in [0.05, 0.1) is 0 Å². The molecular formula is C12H9N3O. The van der Waals surface area contributed by atoms with E-state index in [4.69, 9.17) is 0 Å². The molecule has 1 heterocycles. The van der Waals surface area contributed by atoms with Gasteiger partial charge in [0.2, 0.25) is 0 Å². The van der Waals surface area contributed by atoms with Crippen molar-refractivity contribution in [1.29, 1.82) is 0 Å². The van der Waals surface area contributed by atoms with Crippen molar-refractivity contribution >= 4 is 11.0 Å². The standard InChI is InChI=1S/C12H9N3O/c16-9-6-4-8(5-7-9)10-2-1-3-11-12(10)14-15-13-11/h1-7,16H,(H,13,14,15). The van der Waals surface area contributed by atoms with Crippen LogP contribution in [0, 0.1) is 0 Å². The Morgan fingerprint density at radius 1 is 0.938 bits per heavy atom. The van der Waals surface area contributed by atoms with E-state index in [9.17, 15) is 5.11 Å². The quantitative estimate of drug-likeness (QED) is 0.649. The maximum Gasteiger partial charge on any atom is 0.120 e. The Labute approximate surface area is 91.5 Å². The highest BCUT2D eigenvalue weighted by atomic mass is 16.3. The van der Waals surface area contributed by atoms with Gasteiger partial charge in [0.25, 0.3) is 0 Å². The second-order valence-electron chi connectivity index (χ2n) is 3.54. The summed E-state index contributed by atoms with van der Waals surface area (Å²) in [7, 11) is 0. The minimum Gasteiger partial charge on any atom is -0.508 e. The van der Waals surface area contributed by atoms with Crippen molar-refractivity contribution in [2.24, 2.45) is 0 Å². The fourth-order valence-electron chi connectivity index (χ4n) is 1.74. The third-order valence-corrected chi connectivity index (χ3v) is 2.53. The van der Waals surface area contributed by atoms with E-state index in [0.29, 0.717) is 0 Å². The molecule has 0 spiro atoms. The summed E-state index contributed by atoms with van der Waals surface area (Å²) in [6.07, 6.45) is 0. The van der Waals surface area contributed by atoms with Gasteiger partial charge in [0, 0.05) is 5.56 Å². The van der Waals surface area contributed by atoms with Crippen LogP contribution in [-0.4, -0.2) is 20.5 Å². The minimum atomic E-state index is 0.260. The molecule has 78 valence electrons. The number of aromatic hydroxyl groups is 1. The molecule has 0 bridgehead atoms. The molecule has 2 N–H and O–H groups in total. The second kappa shape index (κ2) is 3.34. The van der Waals surface area contributed by atoms with Crippen molar-refractivity contribution in [3.8, 4) is 16.9 Å². The molecule has 0 radical (unpaired) electrons. The fraction of sp³-hybridized carbons (Fsp3) is 0. The number of H-pyrrole nitrogens is 1. The van der Waals surface area contributed by atoms with Crippen molar-refractivity contribution in [2.75, 3.05) is 0 Å². The SMILES string of the molecule is Oc1ccc(-c2cccc3n[nH]nc23)cc1. The van der Waals surface area contributed by atoms with Crippen molar-refractivity contribution in [3.05, 3.63) is 42.5 Å². The van der Waals surface area contributed by atoms with Gasteiger partial charge in [-0.25, -0.2) is 0 Å². The maximum absolute atomic E-state index is 9.24. The van der Waals surface area contributed by atoms with Gasteiger partial charge in [-0.05, 0) is 23.8 Å². The summed E-state index contributed by atoms with van der Waals surface area (Å²) in [6.45, 7) is 0. The number of nitrogens with zero attached hydrogens (tertiary/aromatic N) is 2. The van der Waals surface area contributed by atoms with Gasteiger partial charge < -0.3 is 5.11 Å². The molecule has 0 aliphatic rings. The molecule has 1 aromatic heterocycles. The molecular weight excluding hydrogens is 202 g/mol. The van der Waals surface area contributed by atoms with Crippen LogP contribution < -0.4 is 0 Å². The molecule has 0 aliphatic carbocycles. The Bertz CT molecular complexity index is 628. The lowest BCUT2D eigenvalue weighted by atomic mass is 10.0. The molecule has 0 fully saturated rings. The van der Waals surface area contributed by atoms with E-state index < -0.39 is 0 Å². The number of nitrogens with one attached hydrogen (secondary N) is 1. The van der Waals surface area contributed by atoms with Crippen molar-refractivity contribution < 1.29 is 5.11 Å². The van der Waals surface area contributed by atoms with Crippen LogP contribution in [0.4, 0.5) is 0 Å². The smallest absolute Gasteiger partial charge is 0.120 e. The molecule has 2 aromatic carbocycles. The van der Waals surface area contributed by atoms with E-state index in [1.807, 2.05) is 30.3 Å². The highest BCUT2D eigenvalue weighted by molar-refractivity contribution is 5.91. The molecule has 0 unspecified atom stereocenters. The van der Waals surface area contributed by atoms with Crippen LogP contribution in [0.2, 0.25) is 0 Å². The first-order valence-corrected chi connectivity index (χ1v) is 4.93. The monoisotopic (exact) mass is 211 g/mol. The Hall–Kier alpha value is -2.36. The molecule has 4 nitrogen and oxygen atoms in total. The number of hydrogen-bond donors (Lipinski definition) is 2. The highest BCUT2D eigenvalue weighted by Gasteiger charge is 2.06. The Morgan fingerprint density at radius 3 is 2.56 bits per heavy atom. The van der Waals surface area contributed by atoms with Crippen LogP contribution in [0.1, 0.15) is 0 Å². The summed E-state index contributed by atoms with van der Waals surface area (Å²) in [4.78, 5) is 0. The van der Waals surface area contributed by atoms with Gasteiger partial charge >= 0.3 is 0 Å². The van der Waals surface area contributed by atoms with Crippen LogP contribution in [0.15, 0.2) is 42.5 Å².